The van der Waals surface area contributed by atoms with Gasteiger partial charge < -0.3 is 19.9 Å². The van der Waals surface area contributed by atoms with Gasteiger partial charge in [-0.25, -0.2) is 9.59 Å². The van der Waals surface area contributed by atoms with Crippen molar-refractivity contribution < 1.29 is 29.0 Å². The Bertz CT molecular complexity index is 803. The molecule has 2 N–H and O–H groups in total. The van der Waals surface area contributed by atoms with Crippen LogP contribution in [0.5, 0.6) is 5.75 Å². The summed E-state index contributed by atoms with van der Waals surface area (Å²) in [5, 5.41) is 11.7. The fraction of sp³-hybridized carbons (Fsp3) is 0.211. The van der Waals surface area contributed by atoms with Gasteiger partial charge in [0, 0.05) is 16.8 Å². The summed E-state index contributed by atoms with van der Waals surface area (Å²) in [7, 11) is 1.28. The van der Waals surface area contributed by atoms with E-state index >= 15 is 0 Å². The normalized spacial score (nSPS) is 11.3. The van der Waals surface area contributed by atoms with Crippen LogP contribution in [0.4, 0.5) is 5.69 Å². The van der Waals surface area contributed by atoms with E-state index in [1.165, 1.54) is 19.2 Å². The van der Waals surface area contributed by atoms with Crippen LogP contribution in [0.1, 0.15) is 22.8 Å². The monoisotopic (exact) mass is 357 g/mol. The zero-order valence-electron chi connectivity index (χ0n) is 14.4. The highest BCUT2D eigenvalue weighted by atomic mass is 16.5. The molecule has 7 nitrogen and oxygen atoms in total. The van der Waals surface area contributed by atoms with E-state index in [0.29, 0.717) is 11.3 Å². The Balaban J connectivity index is 2.38. The van der Waals surface area contributed by atoms with Crippen molar-refractivity contribution in [2.45, 2.75) is 13.0 Å². The summed E-state index contributed by atoms with van der Waals surface area (Å²) in [5.74, 6) is -1.65. The van der Waals surface area contributed by atoms with Crippen molar-refractivity contribution in [3.8, 4) is 5.75 Å². The lowest BCUT2D eigenvalue weighted by molar-refractivity contribution is -0.141. The smallest absolute Gasteiger partial charge is 0.341 e. The zero-order chi connectivity index (χ0) is 19.1. The summed E-state index contributed by atoms with van der Waals surface area (Å²) < 4.78 is 9.83. The number of ketones is 1. The standard InChI is InChI=1S/C19H19NO6/c1-12(19(24)25-2)20-16-9-8-14(26-11-17(21)22)10-15(16)18(23)13-6-4-3-5-7-13/h3-10,12,20H,11H2,1-2H3,(H,21,22)/t12-/m0/s1. The number of ether oxygens (including phenoxy) is 2. The van der Waals surface area contributed by atoms with Gasteiger partial charge in [-0.15, -0.1) is 0 Å². The number of aliphatic carboxylic acids is 1. The van der Waals surface area contributed by atoms with Gasteiger partial charge in [0.2, 0.25) is 0 Å². The fourth-order valence-electron chi connectivity index (χ4n) is 2.29. The second-order valence-electron chi connectivity index (χ2n) is 5.47. The Labute approximate surface area is 150 Å². The fourth-order valence-corrected chi connectivity index (χ4v) is 2.29. The number of anilines is 1. The highest BCUT2D eigenvalue weighted by Crippen LogP contribution is 2.26. The van der Waals surface area contributed by atoms with Gasteiger partial charge in [-0.1, -0.05) is 30.3 Å². The third-order valence-electron chi connectivity index (χ3n) is 3.56. The van der Waals surface area contributed by atoms with Crippen molar-refractivity contribution in [3.63, 3.8) is 0 Å². The van der Waals surface area contributed by atoms with E-state index in [2.05, 4.69) is 10.1 Å². The van der Waals surface area contributed by atoms with E-state index in [0.717, 1.165) is 0 Å². The van der Waals surface area contributed by atoms with Crippen molar-refractivity contribution in [2.24, 2.45) is 0 Å². The maximum absolute atomic E-state index is 12.9. The molecule has 1 atom stereocenters. The Morgan fingerprint density at radius 1 is 1.12 bits per heavy atom. The lowest BCUT2D eigenvalue weighted by Gasteiger charge is -2.17. The van der Waals surface area contributed by atoms with Gasteiger partial charge in [-0.3, -0.25) is 4.79 Å². The minimum Gasteiger partial charge on any atom is -0.482 e. The second-order valence-corrected chi connectivity index (χ2v) is 5.47. The molecule has 0 aliphatic carbocycles. The third-order valence-corrected chi connectivity index (χ3v) is 3.56. The molecule has 0 radical (unpaired) electrons. The number of hydrogen-bond donors (Lipinski definition) is 2. The van der Waals surface area contributed by atoms with Crippen molar-refractivity contribution in [3.05, 3.63) is 59.7 Å². The Morgan fingerprint density at radius 3 is 2.42 bits per heavy atom. The molecule has 0 saturated carbocycles. The molecule has 0 heterocycles. The summed E-state index contributed by atoms with van der Waals surface area (Å²) in [6, 6.07) is 12.5. The number of hydrogen-bond acceptors (Lipinski definition) is 6. The first-order valence-corrected chi connectivity index (χ1v) is 7.85. The number of esters is 1. The number of carboxylic acid groups (broad SMARTS) is 1. The molecular weight excluding hydrogens is 338 g/mol. The summed E-state index contributed by atoms with van der Waals surface area (Å²) in [5.41, 5.74) is 1.13. The lowest BCUT2D eigenvalue weighted by Crippen LogP contribution is -2.28. The maximum Gasteiger partial charge on any atom is 0.341 e. The molecule has 0 saturated heterocycles. The summed E-state index contributed by atoms with van der Waals surface area (Å²) >= 11 is 0. The molecule has 0 spiro atoms. The minimum absolute atomic E-state index is 0.239. The van der Waals surface area contributed by atoms with Gasteiger partial charge in [0.15, 0.2) is 12.4 Å². The zero-order valence-corrected chi connectivity index (χ0v) is 14.4. The Hall–Kier alpha value is -3.35. The van der Waals surface area contributed by atoms with Gasteiger partial charge in [-0.2, -0.15) is 0 Å². The molecule has 0 amide bonds. The SMILES string of the molecule is COC(=O)[C@H](C)Nc1ccc(OCC(=O)O)cc1C(=O)c1ccccc1. The topological polar surface area (TPSA) is 102 Å². The maximum atomic E-state index is 12.9. The van der Waals surface area contributed by atoms with Crippen LogP contribution >= 0.6 is 0 Å². The molecular formula is C19H19NO6. The van der Waals surface area contributed by atoms with Crippen LogP contribution in [0, 0.1) is 0 Å². The van der Waals surface area contributed by atoms with Crippen molar-refractivity contribution >= 4 is 23.4 Å². The first-order chi connectivity index (χ1) is 12.4. The largest absolute Gasteiger partial charge is 0.482 e. The van der Waals surface area contributed by atoms with Gasteiger partial charge in [0.1, 0.15) is 11.8 Å². The van der Waals surface area contributed by atoms with Crippen LogP contribution in [0.15, 0.2) is 48.5 Å². The predicted molar refractivity (Wildman–Crippen MR) is 94.5 cm³/mol. The first-order valence-electron chi connectivity index (χ1n) is 7.85. The quantitative estimate of drug-likeness (QED) is 0.552. The summed E-state index contributed by atoms with van der Waals surface area (Å²) in [4.78, 5) is 35.2. The molecule has 2 aromatic rings. The van der Waals surface area contributed by atoms with Gasteiger partial charge in [-0.05, 0) is 25.1 Å². The highest BCUT2D eigenvalue weighted by molar-refractivity contribution is 6.12. The van der Waals surface area contributed by atoms with E-state index in [4.69, 9.17) is 9.84 Å². The van der Waals surface area contributed by atoms with Crippen molar-refractivity contribution in [1.29, 1.82) is 0 Å². The second kappa shape index (κ2) is 8.66. The molecule has 2 rings (SSSR count). The predicted octanol–water partition coefficient (Wildman–Crippen LogP) is 2.35. The lowest BCUT2D eigenvalue weighted by atomic mass is 10.0. The van der Waals surface area contributed by atoms with E-state index in [-0.39, 0.29) is 17.1 Å². The summed E-state index contributed by atoms with van der Waals surface area (Å²) in [6.45, 7) is 1.09. The molecule has 7 heteroatoms. The first kappa shape index (κ1) is 19.0. The number of carbonyl (C=O) groups excluding carboxylic acids is 2. The number of carboxylic acids is 1. The van der Waals surface area contributed by atoms with Crippen molar-refractivity contribution in [2.75, 3.05) is 19.0 Å². The molecule has 26 heavy (non-hydrogen) atoms. The number of carbonyl (C=O) groups is 3. The molecule has 0 unspecified atom stereocenters. The molecule has 136 valence electrons. The molecule has 0 aromatic heterocycles. The van der Waals surface area contributed by atoms with Crippen LogP contribution in [-0.2, 0) is 14.3 Å². The Kier molecular flexibility index (Phi) is 6.32. The number of nitrogens with one attached hydrogen (secondary N) is 1. The van der Waals surface area contributed by atoms with Crippen LogP contribution in [0.3, 0.4) is 0 Å². The average molecular weight is 357 g/mol. The number of rotatable bonds is 8. The van der Waals surface area contributed by atoms with Crippen molar-refractivity contribution in [1.82, 2.24) is 0 Å². The van der Waals surface area contributed by atoms with Gasteiger partial charge in [0.05, 0.1) is 7.11 Å². The Morgan fingerprint density at radius 2 is 1.81 bits per heavy atom. The van der Waals surface area contributed by atoms with Gasteiger partial charge in [0.25, 0.3) is 0 Å². The molecule has 0 aliphatic heterocycles. The molecule has 0 fully saturated rings. The molecule has 2 aromatic carbocycles. The van der Waals surface area contributed by atoms with E-state index in [1.807, 2.05) is 0 Å². The third kappa shape index (κ3) is 4.83. The minimum atomic E-state index is -1.12. The molecule has 0 bridgehead atoms. The van der Waals surface area contributed by atoms with E-state index in [9.17, 15) is 14.4 Å². The number of methoxy groups -OCH3 is 1. The summed E-state index contributed by atoms with van der Waals surface area (Å²) in [6.07, 6.45) is 0. The average Bonchev–Trinajstić information content (AvgIpc) is 2.66. The van der Waals surface area contributed by atoms with Crippen LogP contribution in [0.25, 0.3) is 0 Å². The van der Waals surface area contributed by atoms with Crippen LogP contribution in [-0.4, -0.2) is 42.6 Å². The van der Waals surface area contributed by atoms with E-state index in [1.54, 1.807) is 43.3 Å². The van der Waals surface area contributed by atoms with E-state index < -0.39 is 24.6 Å². The van der Waals surface area contributed by atoms with Gasteiger partial charge >= 0.3 is 11.9 Å². The van der Waals surface area contributed by atoms with Crippen LogP contribution < -0.4 is 10.1 Å². The highest BCUT2D eigenvalue weighted by Gasteiger charge is 2.19. The molecule has 0 aliphatic rings. The van der Waals surface area contributed by atoms with Crippen LogP contribution in [0.2, 0.25) is 0 Å². The number of benzene rings is 2.